The zero-order valence-electron chi connectivity index (χ0n) is 12.1. The fourth-order valence-electron chi connectivity index (χ4n) is 2.49. The van der Waals surface area contributed by atoms with Gasteiger partial charge in [0, 0.05) is 43.8 Å². The summed E-state index contributed by atoms with van der Waals surface area (Å²) in [5, 5.41) is 0. The molecule has 20 heavy (non-hydrogen) atoms. The summed E-state index contributed by atoms with van der Waals surface area (Å²) in [5.41, 5.74) is 6.19. The highest BCUT2D eigenvalue weighted by atomic mass is 19.1. The molecule has 0 aliphatic carbocycles. The van der Waals surface area contributed by atoms with Gasteiger partial charge in [-0.2, -0.15) is 0 Å². The van der Waals surface area contributed by atoms with Gasteiger partial charge >= 0.3 is 0 Å². The summed E-state index contributed by atoms with van der Waals surface area (Å²) in [7, 11) is 0. The van der Waals surface area contributed by atoms with Crippen molar-refractivity contribution in [2.45, 2.75) is 19.4 Å². The van der Waals surface area contributed by atoms with Crippen molar-refractivity contribution in [2.24, 2.45) is 5.73 Å². The molecule has 0 aromatic heterocycles. The van der Waals surface area contributed by atoms with Crippen LogP contribution in [0.15, 0.2) is 24.3 Å². The quantitative estimate of drug-likeness (QED) is 0.908. The minimum absolute atomic E-state index is 0.101. The Kier molecular flexibility index (Phi) is 4.40. The molecule has 0 spiro atoms. The molecular weight excluding hydrogens is 257 g/mol. The number of nitrogens with zero attached hydrogens (tertiary/aromatic N) is 2. The highest BCUT2D eigenvalue weighted by molar-refractivity contribution is 5.94. The maximum absolute atomic E-state index is 13.1. The molecule has 2 N–H and O–H groups in total. The lowest BCUT2D eigenvalue weighted by atomic mass is 10.1. The predicted molar refractivity (Wildman–Crippen MR) is 77.0 cm³/mol. The minimum Gasteiger partial charge on any atom is -0.336 e. The first-order chi connectivity index (χ1) is 9.35. The SMILES string of the molecule is CC(C)(N)CN1CCN(C(=O)c2cccc(F)c2)CC1. The van der Waals surface area contributed by atoms with Crippen molar-refractivity contribution in [2.75, 3.05) is 32.7 Å². The second kappa shape index (κ2) is 5.89. The van der Waals surface area contributed by atoms with Crippen molar-refractivity contribution >= 4 is 5.91 Å². The van der Waals surface area contributed by atoms with Crippen LogP contribution in [0.1, 0.15) is 24.2 Å². The van der Waals surface area contributed by atoms with Gasteiger partial charge in [0.05, 0.1) is 0 Å². The van der Waals surface area contributed by atoms with Crippen LogP contribution in [-0.2, 0) is 0 Å². The third kappa shape index (κ3) is 4.02. The molecular formula is C15H22FN3O. The average molecular weight is 279 g/mol. The molecule has 110 valence electrons. The Bertz CT molecular complexity index is 476. The first-order valence-corrected chi connectivity index (χ1v) is 6.91. The molecule has 1 amide bonds. The van der Waals surface area contributed by atoms with Crippen molar-refractivity contribution in [1.29, 1.82) is 0 Å². The first kappa shape index (κ1) is 14.9. The van der Waals surface area contributed by atoms with Crippen molar-refractivity contribution < 1.29 is 9.18 Å². The fourth-order valence-corrected chi connectivity index (χ4v) is 2.49. The smallest absolute Gasteiger partial charge is 0.254 e. The Hall–Kier alpha value is -1.46. The number of carbonyl (C=O) groups excluding carboxylic acids is 1. The Morgan fingerprint density at radius 3 is 2.50 bits per heavy atom. The Balaban J connectivity index is 1.92. The highest BCUT2D eigenvalue weighted by Crippen LogP contribution is 2.11. The van der Waals surface area contributed by atoms with Gasteiger partial charge in [0.25, 0.3) is 5.91 Å². The van der Waals surface area contributed by atoms with E-state index in [0.717, 1.165) is 19.6 Å². The van der Waals surface area contributed by atoms with Gasteiger partial charge < -0.3 is 10.6 Å². The van der Waals surface area contributed by atoms with E-state index in [0.29, 0.717) is 18.7 Å². The molecule has 2 rings (SSSR count). The number of hydrogen-bond donors (Lipinski definition) is 1. The summed E-state index contributed by atoms with van der Waals surface area (Å²) < 4.78 is 13.1. The van der Waals surface area contributed by atoms with Crippen LogP contribution in [0.5, 0.6) is 0 Å². The summed E-state index contributed by atoms with van der Waals surface area (Å²) in [6, 6.07) is 5.85. The molecule has 4 nitrogen and oxygen atoms in total. The topological polar surface area (TPSA) is 49.6 Å². The molecule has 1 saturated heterocycles. The van der Waals surface area contributed by atoms with E-state index in [4.69, 9.17) is 5.73 Å². The van der Waals surface area contributed by atoms with Crippen molar-refractivity contribution in [1.82, 2.24) is 9.80 Å². The lowest BCUT2D eigenvalue weighted by molar-refractivity contribution is 0.0615. The maximum Gasteiger partial charge on any atom is 0.254 e. The largest absolute Gasteiger partial charge is 0.336 e. The first-order valence-electron chi connectivity index (χ1n) is 6.91. The molecule has 1 aromatic rings. The molecule has 0 bridgehead atoms. The summed E-state index contributed by atoms with van der Waals surface area (Å²) in [4.78, 5) is 16.3. The standard InChI is InChI=1S/C15H22FN3O/c1-15(2,17)11-18-6-8-19(9-7-18)14(20)12-4-3-5-13(16)10-12/h3-5,10H,6-9,11,17H2,1-2H3. The molecule has 0 saturated carbocycles. The Morgan fingerprint density at radius 1 is 1.30 bits per heavy atom. The average Bonchev–Trinajstić information content (AvgIpc) is 2.37. The molecule has 1 aliphatic rings. The van der Waals surface area contributed by atoms with Crippen LogP contribution in [0.3, 0.4) is 0 Å². The van der Waals surface area contributed by atoms with Crippen LogP contribution in [0.2, 0.25) is 0 Å². The van der Waals surface area contributed by atoms with Crippen LogP contribution in [0.25, 0.3) is 0 Å². The van der Waals surface area contributed by atoms with E-state index >= 15 is 0 Å². The van der Waals surface area contributed by atoms with Crippen LogP contribution in [-0.4, -0.2) is 54.0 Å². The summed E-state index contributed by atoms with van der Waals surface area (Å²) in [6.45, 7) is 7.74. The van der Waals surface area contributed by atoms with Gasteiger partial charge in [-0.15, -0.1) is 0 Å². The minimum atomic E-state index is -0.376. The van der Waals surface area contributed by atoms with E-state index in [1.807, 2.05) is 13.8 Å². The fraction of sp³-hybridized carbons (Fsp3) is 0.533. The van der Waals surface area contributed by atoms with Crippen molar-refractivity contribution in [3.8, 4) is 0 Å². The van der Waals surface area contributed by atoms with E-state index in [9.17, 15) is 9.18 Å². The molecule has 5 heteroatoms. The third-order valence-corrected chi connectivity index (χ3v) is 3.36. The molecule has 0 unspecified atom stereocenters. The molecule has 0 radical (unpaired) electrons. The number of carbonyl (C=O) groups is 1. The van der Waals surface area contributed by atoms with Crippen molar-refractivity contribution in [3.05, 3.63) is 35.6 Å². The Morgan fingerprint density at radius 2 is 1.95 bits per heavy atom. The number of benzene rings is 1. The zero-order chi connectivity index (χ0) is 14.8. The lowest BCUT2D eigenvalue weighted by Gasteiger charge is -2.37. The van der Waals surface area contributed by atoms with Crippen molar-refractivity contribution in [3.63, 3.8) is 0 Å². The zero-order valence-corrected chi connectivity index (χ0v) is 12.1. The van der Waals surface area contributed by atoms with Gasteiger partial charge in [-0.1, -0.05) is 6.07 Å². The number of rotatable bonds is 3. The second-order valence-electron chi connectivity index (χ2n) is 6.07. The number of hydrogen-bond acceptors (Lipinski definition) is 3. The van der Waals surface area contributed by atoms with Crippen LogP contribution in [0.4, 0.5) is 4.39 Å². The van der Waals surface area contributed by atoms with Gasteiger partial charge in [-0.25, -0.2) is 4.39 Å². The number of amides is 1. The lowest BCUT2D eigenvalue weighted by Crippen LogP contribution is -2.54. The molecule has 0 atom stereocenters. The van der Waals surface area contributed by atoms with Crippen LogP contribution < -0.4 is 5.73 Å². The van der Waals surface area contributed by atoms with E-state index in [2.05, 4.69) is 4.90 Å². The maximum atomic E-state index is 13.1. The van der Waals surface area contributed by atoms with Crippen LogP contribution in [0, 0.1) is 5.82 Å². The normalized spacial score (nSPS) is 17.3. The highest BCUT2D eigenvalue weighted by Gasteiger charge is 2.24. The van der Waals surface area contributed by atoms with E-state index in [1.54, 1.807) is 17.0 Å². The molecule has 1 aliphatic heterocycles. The Labute approximate surface area is 119 Å². The predicted octanol–water partition coefficient (Wildman–Crippen LogP) is 1.32. The number of nitrogens with two attached hydrogens (primary N) is 1. The number of halogens is 1. The summed E-state index contributed by atoms with van der Waals surface area (Å²) in [6.07, 6.45) is 0. The molecule has 1 fully saturated rings. The van der Waals surface area contributed by atoms with E-state index in [1.165, 1.54) is 12.1 Å². The molecule has 1 aromatic carbocycles. The van der Waals surface area contributed by atoms with Gasteiger partial charge in [-0.05, 0) is 32.0 Å². The number of piperazine rings is 1. The molecule has 1 heterocycles. The van der Waals surface area contributed by atoms with E-state index in [-0.39, 0.29) is 17.3 Å². The third-order valence-electron chi connectivity index (χ3n) is 3.36. The monoisotopic (exact) mass is 279 g/mol. The van der Waals surface area contributed by atoms with Crippen LogP contribution >= 0.6 is 0 Å². The summed E-state index contributed by atoms with van der Waals surface area (Å²) >= 11 is 0. The second-order valence-corrected chi connectivity index (χ2v) is 6.07. The van der Waals surface area contributed by atoms with Gasteiger partial charge in [0.15, 0.2) is 0 Å². The van der Waals surface area contributed by atoms with Gasteiger partial charge in [0.2, 0.25) is 0 Å². The van der Waals surface area contributed by atoms with Gasteiger partial charge in [-0.3, -0.25) is 9.69 Å². The summed E-state index contributed by atoms with van der Waals surface area (Å²) in [5.74, 6) is -0.476. The van der Waals surface area contributed by atoms with E-state index < -0.39 is 0 Å². The van der Waals surface area contributed by atoms with Gasteiger partial charge in [0.1, 0.15) is 5.82 Å².